The molecule has 22 heavy (non-hydrogen) atoms. The highest BCUT2D eigenvalue weighted by Gasteiger charge is 2.25. The van der Waals surface area contributed by atoms with Gasteiger partial charge in [0.15, 0.2) is 0 Å². The van der Waals surface area contributed by atoms with Crippen LogP contribution in [0.15, 0.2) is 24.3 Å². The van der Waals surface area contributed by atoms with E-state index in [1.54, 1.807) is 0 Å². The number of benzene rings is 1. The zero-order valence-corrected chi connectivity index (χ0v) is 14.0. The second-order valence-electron chi connectivity index (χ2n) is 6.51. The van der Waals surface area contributed by atoms with E-state index in [4.69, 9.17) is 4.74 Å². The molecule has 0 bridgehead atoms. The van der Waals surface area contributed by atoms with Crippen LogP contribution >= 0.6 is 0 Å². The molecular weight excluding hydrogens is 272 g/mol. The first kappa shape index (κ1) is 17.1. The molecule has 0 aliphatic carbocycles. The summed E-state index contributed by atoms with van der Waals surface area (Å²) >= 11 is 0. The van der Waals surface area contributed by atoms with Gasteiger partial charge in [0.25, 0.3) is 0 Å². The van der Waals surface area contributed by atoms with Crippen LogP contribution in [0.5, 0.6) is 0 Å². The highest BCUT2D eigenvalue weighted by Crippen LogP contribution is 2.23. The number of ether oxygens (including phenoxy) is 1. The van der Waals surface area contributed by atoms with Crippen LogP contribution in [0.25, 0.3) is 0 Å². The van der Waals surface area contributed by atoms with Crippen molar-refractivity contribution < 1.29 is 9.53 Å². The van der Waals surface area contributed by atoms with Gasteiger partial charge in [0, 0.05) is 6.42 Å². The molecule has 0 aromatic heterocycles. The van der Waals surface area contributed by atoms with E-state index in [0.29, 0.717) is 0 Å². The quantitative estimate of drug-likeness (QED) is 0.410. The standard InChI is InChI=1S/C20H30O2/c1-2-3-4-5-6-7-8-9-10-14-18-16-17-13-11-12-15-19(17)20(21)22-18/h11-13,15,18H,2-10,14,16H2,1H3/t18-/m1/s1. The highest BCUT2D eigenvalue weighted by molar-refractivity contribution is 5.92. The van der Waals surface area contributed by atoms with E-state index in [1.807, 2.05) is 18.2 Å². The predicted molar refractivity (Wildman–Crippen MR) is 91.2 cm³/mol. The molecule has 1 atom stereocenters. The molecule has 0 amide bonds. The van der Waals surface area contributed by atoms with E-state index in [2.05, 4.69) is 13.0 Å². The summed E-state index contributed by atoms with van der Waals surface area (Å²) in [6.07, 6.45) is 14.0. The maximum atomic E-state index is 11.9. The largest absolute Gasteiger partial charge is 0.458 e. The Hall–Kier alpha value is -1.31. The Labute approximate surface area is 135 Å². The molecule has 1 heterocycles. The lowest BCUT2D eigenvalue weighted by Gasteiger charge is -2.24. The Balaban J connectivity index is 1.56. The number of hydrogen-bond acceptors (Lipinski definition) is 2. The van der Waals surface area contributed by atoms with Gasteiger partial charge in [-0.25, -0.2) is 4.79 Å². The Bertz CT molecular complexity index is 453. The van der Waals surface area contributed by atoms with E-state index >= 15 is 0 Å². The molecule has 1 aliphatic rings. The number of esters is 1. The van der Waals surface area contributed by atoms with Gasteiger partial charge in [-0.1, -0.05) is 76.5 Å². The molecule has 2 nitrogen and oxygen atoms in total. The van der Waals surface area contributed by atoms with Crippen molar-refractivity contribution >= 4 is 5.97 Å². The number of fused-ring (bicyclic) bond motifs is 1. The SMILES string of the molecule is CCCCCCCCCCC[C@@H]1Cc2ccccc2C(=O)O1. The Morgan fingerprint density at radius 2 is 1.59 bits per heavy atom. The predicted octanol–water partition coefficient (Wildman–Crippen LogP) is 5.69. The first-order valence-electron chi connectivity index (χ1n) is 9.10. The van der Waals surface area contributed by atoms with Crippen molar-refractivity contribution in [3.8, 4) is 0 Å². The summed E-state index contributed by atoms with van der Waals surface area (Å²) in [5, 5.41) is 0. The summed E-state index contributed by atoms with van der Waals surface area (Å²) in [5.41, 5.74) is 1.91. The van der Waals surface area contributed by atoms with Gasteiger partial charge in [-0.2, -0.15) is 0 Å². The molecule has 0 radical (unpaired) electrons. The van der Waals surface area contributed by atoms with Gasteiger partial charge in [-0.05, 0) is 24.5 Å². The van der Waals surface area contributed by atoms with Crippen LogP contribution in [0.4, 0.5) is 0 Å². The zero-order chi connectivity index (χ0) is 15.6. The van der Waals surface area contributed by atoms with Crippen molar-refractivity contribution in [3.63, 3.8) is 0 Å². The summed E-state index contributed by atoms with van der Waals surface area (Å²) in [7, 11) is 0. The fourth-order valence-electron chi connectivity index (χ4n) is 3.24. The van der Waals surface area contributed by atoms with Crippen molar-refractivity contribution in [2.45, 2.75) is 83.7 Å². The normalized spacial score (nSPS) is 17.1. The van der Waals surface area contributed by atoms with Gasteiger partial charge in [0.1, 0.15) is 6.10 Å². The lowest BCUT2D eigenvalue weighted by Crippen LogP contribution is -2.27. The third kappa shape index (κ3) is 5.47. The Morgan fingerprint density at radius 3 is 2.32 bits per heavy atom. The fourth-order valence-corrected chi connectivity index (χ4v) is 3.24. The minimum Gasteiger partial charge on any atom is -0.458 e. The third-order valence-corrected chi connectivity index (χ3v) is 4.59. The summed E-state index contributed by atoms with van der Waals surface area (Å²) in [4.78, 5) is 11.9. The van der Waals surface area contributed by atoms with Crippen molar-refractivity contribution in [1.29, 1.82) is 0 Å². The topological polar surface area (TPSA) is 26.3 Å². The number of carbonyl (C=O) groups excluding carboxylic acids is 1. The van der Waals surface area contributed by atoms with Crippen LogP contribution in [0.1, 0.15) is 87.1 Å². The van der Waals surface area contributed by atoms with Crippen LogP contribution in [0.2, 0.25) is 0 Å². The van der Waals surface area contributed by atoms with Gasteiger partial charge >= 0.3 is 5.97 Å². The van der Waals surface area contributed by atoms with Gasteiger partial charge in [0.05, 0.1) is 5.56 Å². The van der Waals surface area contributed by atoms with Crippen LogP contribution in [0.3, 0.4) is 0 Å². The summed E-state index contributed by atoms with van der Waals surface area (Å²) < 4.78 is 5.55. The molecular formula is C20H30O2. The van der Waals surface area contributed by atoms with E-state index in [9.17, 15) is 4.79 Å². The highest BCUT2D eigenvalue weighted by atomic mass is 16.5. The number of unbranched alkanes of at least 4 members (excludes halogenated alkanes) is 8. The number of hydrogen-bond donors (Lipinski definition) is 0. The molecule has 0 saturated heterocycles. The molecule has 0 spiro atoms. The number of carbonyl (C=O) groups is 1. The average Bonchev–Trinajstić information content (AvgIpc) is 2.53. The van der Waals surface area contributed by atoms with Gasteiger partial charge < -0.3 is 4.74 Å². The molecule has 1 aliphatic heterocycles. The van der Waals surface area contributed by atoms with Crippen LogP contribution in [0, 0.1) is 0 Å². The smallest absolute Gasteiger partial charge is 0.338 e. The van der Waals surface area contributed by atoms with Gasteiger partial charge in [-0.15, -0.1) is 0 Å². The van der Waals surface area contributed by atoms with Gasteiger partial charge in [0.2, 0.25) is 0 Å². The second-order valence-corrected chi connectivity index (χ2v) is 6.51. The maximum Gasteiger partial charge on any atom is 0.338 e. The number of cyclic esters (lactones) is 1. The van der Waals surface area contributed by atoms with E-state index in [0.717, 1.165) is 24.0 Å². The molecule has 1 aromatic rings. The third-order valence-electron chi connectivity index (χ3n) is 4.59. The Kier molecular flexibility index (Phi) is 7.48. The monoisotopic (exact) mass is 302 g/mol. The fraction of sp³-hybridized carbons (Fsp3) is 0.650. The van der Waals surface area contributed by atoms with Crippen LogP contribution in [-0.4, -0.2) is 12.1 Å². The molecule has 2 rings (SSSR count). The minimum absolute atomic E-state index is 0.0898. The number of rotatable bonds is 10. The summed E-state index contributed by atoms with van der Waals surface area (Å²) in [6.45, 7) is 2.26. The van der Waals surface area contributed by atoms with Crippen molar-refractivity contribution in [2.75, 3.05) is 0 Å². The average molecular weight is 302 g/mol. The van der Waals surface area contributed by atoms with E-state index in [-0.39, 0.29) is 12.1 Å². The van der Waals surface area contributed by atoms with Crippen molar-refractivity contribution in [2.24, 2.45) is 0 Å². The summed E-state index contributed by atoms with van der Waals surface area (Å²) in [6, 6.07) is 7.83. The summed E-state index contributed by atoms with van der Waals surface area (Å²) in [5.74, 6) is -0.136. The lowest BCUT2D eigenvalue weighted by molar-refractivity contribution is 0.0232. The molecule has 1 aromatic carbocycles. The second kappa shape index (κ2) is 9.66. The Morgan fingerprint density at radius 1 is 0.955 bits per heavy atom. The lowest BCUT2D eigenvalue weighted by atomic mass is 9.95. The molecule has 0 unspecified atom stereocenters. The van der Waals surface area contributed by atoms with Crippen LogP contribution in [-0.2, 0) is 11.2 Å². The van der Waals surface area contributed by atoms with Gasteiger partial charge in [-0.3, -0.25) is 0 Å². The van der Waals surface area contributed by atoms with E-state index < -0.39 is 0 Å². The van der Waals surface area contributed by atoms with E-state index in [1.165, 1.54) is 57.8 Å². The van der Waals surface area contributed by atoms with Crippen LogP contribution < -0.4 is 0 Å². The van der Waals surface area contributed by atoms with Crippen molar-refractivity contribution in [3.05, 3.63) is 35.4 Å². The molecule has 122 valence electrons. The van der Waals surface area contributed by atoms with Crippen molar-refractivity contribution in [1.82, 2.24) is 0 Å². The molecule has 0 fully saturated rings. The molecule has 0 N–H and O–H groups in total. The first-order valence-corrected chi connectivity index (χ1v) is 9.10. The molecule has 0 saturated carbocycles. The maximum absolute atomic E-state index is 11.9. The molecule has 2 heteroatoms. The minimum atomic E-state index is -0.136. The first-order chi connectivity index (χ1) is 10.8. The zero-order valence-electron chi connectivity index (χ0n) is 14.0.